The van der Waals surface area contributed by atoms with Gasteiger partial charge in [-0.15, -0.1) is 0 Å². The van der Waals surface area contributed by atoms with Gasteiger partial charge in [0.05, 0.1) is 5.54 Å². The van der Waals surface area contributed by atoms with E-state index in [4.69, 9.17) is 0 Å². The second-order valence-electron chi connectivity index (χ2n) is 5.28. The number of hydrogen-bond donors (Lipinski definition) is 2. The van der Waals surface area contributed by atoms with Crippen LogP contribution in [0.15, 0.2) is 18.2 Å². The second-order valence-corrected chi connectivity index (χ2v) is 5.28. The quantitative estimate of drug-likeness (QED) is 0.877. The van der Waals surface area contributed by atoms with Gasteiger partial charge in [0, 0.05) is 5.69 Å². The number of nitrogens with one attached hydrogen (secondary N) is 2. The van der Waals surface area contributed by atoms with E-state index in [-0.39, 0.29) is 11.7 Å². The highest BCUT2D eigenvalue weighted by atomic mass is 19.1. The number of aryl methyl sites for hydroxylation is 1. The van der Waals surface area contributed by atoms with Gasteiger partial charge in [-0.25, -0.2) is 4.39 Å². The Morgan fingerprint density at radius 2 is 2.32 bits per heavy atom. The van der Waals surface area contributed by atoms with E-state index < -0.39 is 5.54 Å². The molecule has 1 aliphatic heterocycles. The van der Waals surface area contributed by atoms with Crippen LogP contribution in [0.2, 0.25) is 0 Å². The minimum atomic E-state index is -0.479. The molecule has 0 saturated carbocycles. The predicted octanol–water partition coefficient (Wildman–Crippen LogP) is 2.99. The Hall–Kier alpha value is -1.42. The maximum Gasteiger partial charge on any atom is 0.244 e. The van der Waals surface area contributed by atoms with E-state index in [1.54, 1.807) is 6.07 Å². The van der Waals surface area contributed by atoms with E-state index in [1.165, 1.54) is 12.1 Å². The Morgan fingerprint density at radius 3 is 2.95 bits per heavy atom. The number of hydrogen-bond acceptors (Lipinski definition) is 2. The lowest BCUT2D eigenvalue weighted by atomic mass is 9.90. The van der Waals surface area contributed by atoms with Crippen molar-refractivity contribution >= 4 is 11.6 Å². The molecule has 1 amide bonds. The van der Waals surface area contributed by atoms with Crippen LogP contribution in [0.1, 0.15) is 38.2 Å². The van der Waals surface area contributed by atoms with Crippen LogP contribution < -0.4 is 10.6 Å². The summed E-state index contributed by atoms with van der Waals surface area (Å²) in [6.45, 7) is 4.81. The number of anilines is 1. The summed E-state index contributed by atoms with van der Waals surface area (Å²) in [5.41, 5.74) is 0.960. The average Bonchev–Trinajstić information content (AvgIpc) is 2.84. The third-order valence-electron chi connectivity index (χ3n) is 3.80. The number of rotatable bonds is 4. The molecule has 104 valence electrons. The summed E-state index contributed by atoms with van der Waals surface area (Å²) in [5, 5.41) is 6.20. The Labute approximate surface area is 113 Å². The first-order chi connectivity index (χ1) is 9.07. The van der Waals surface area contributed by atoms with Gasteiger partial charge in [0.2, 0.25) is 5.91 Å². The fourth-order valence-electron chi connectivity index (χ4n) is 2.72. The minimum absolute atomic E-state index is 0.0412. The number of halogens is 1. The lowest BCUT2D eigenvalue weighted by molar-refractivity contribution is -0.122. The lowest BCUT2D eigenvalue weighted by Gasteiger charge is -2.28. The average molecular weight is 264 g/mol. The summed E-state index contributed by atoms with van der Waals surface area (Å²) in [6.07, 6.45) is 3.62. The summed E-state index contributed by atoms with van der Waals surface area (Å²) in [6, 6.07) is 4.46. The molecular weight excluding hydrogens is 243 g/mol. The van der Waals surface area contributed by atoms with Crippen LogP contribution in [0.3, 0.4) is 0 Å². The molecule has 1 atom stereocenters. The highest BCUT2D eigenvalue weighted by Crippen LogP contribution is 2.27. The van der Waals surface area contributed by atoms with Crippen molar-refractivity contribution in [1.82, 2.24) is 5.32 Å². The molecule has 1 saturated heterocycles. The smallest absolute Gasteiger partial charge is 0.244 e. The molecule has 1 aliphatic rings. The molecule has 0 radical (unpaired) electrons. The Balaban J connectivity index is 2.17. The lowest BCUT2D eigenvalue weighted by Crippen LogP contribution is -2.50. The van der Waals surface area contributed by atoms with Gasteiger partial charge in [-0.1, -0.05) is 19.4 Å². The first-order valence-electron chi connectivity index (χ1n) is 6.90. The third kappa shape index (κ3) is 2.95. The van der Waals surface area contributed by atoms with Crippen molar-refractivity contribution in [3.05, 3.63) is 29.6 Å². The number of carbonyl (C=O) groups is 1. The zero-order valence-electron chi connectivity index (χ0n) is 11.6. The molecule has 1 aromatic rings. The van der Waals surface area contributed by atoms with Crippen molar-refractivity contribution in [2.45, 2.75) is 45.1 Å². The fraction of sp³-hybridized carbons (Fsp3) is 0.533. The van der Waals surface area contributed by atoms with Crippen LogP contribution in [-0.2, 0) is 4.79 Å². The van der Waals surface area contributed by atoms with Crippen molar-refractivity contribution in [1.29, 1.82) is 0 Å². The molecule has 0 aromatic heterocycles. The van der Waals surface area contributed by atoms with Gasteiger partial charge < -0.3 is 10.6 Å². The molecule has 0 spiro atoms. The monoisotopic (exact) mass is 264 g/mol. The van der Waals surface area contributed by atoms with Gasteiger partial charge >= 0.3 is 0 Å². The summed E-state index contributed by atoms with van der Waals surface area (Å²) in [4.78, 5) is 12.5. The van der Waals surface area contributed by atoms with E-state index >= 15 is 0 Å². The molecule has 19 heavy (non-hydrogen) atoms. The largest absolute Gasteiger partial charge is 0.324 e. The van der Waals surface area contributed by atoms with E-state index in [9.17, 15) is 9.18 Å². The summed E-state index contributed by atoms with van der Waals surface area (Å²) < 4.78 is 13.3. The second kappa shape index (κ2) is 5.70. The van der Waals surface area contributed by atoms with Gasteiger partial charge in [-0.3, -0.25) is 4.79 Å². The van der Waals surface area contributed by atoms with Crippen molar-refractivity contribution in [3.63, 3.8) is 0 Å². The van der Waals surface area contributed by atoms with Crippen LogP contribution in [0.25, 0.3) is 0 Å². The molecule has 0 bridgehead atoms. The van der Waals surface area contributed by atoms with E-state index in [2.05, 4.69) is 17.6 Å². The van der Waals surface area contributed by atoms with Gasteiger partial charge in [0.15, 0.2) is 0 Å². The molecule has 2 rings (SSSR count). The van der Waals surface area contributed by atoms with Crippen LogP contribution in [-0.4, -0.2) is 18.0 Å². The summed E-state index contributed by atoms with van der Waals surface area (Å²) in [5.74, 6) is -0.370. The molecule has 3 nitrogen and oxygen atoms in total. The topological polar surface area (TPSA) is 41.1 Å². The zero-order valence-corrected chi connectivity index (χ0v) is 11.6. The highest BCUT2D eigenvalue weighted by Gasteiger charge is 2.39. The molecule has 1 fully saturated rings. The highest BCUT2D eigenvalue weighted by molar-refractivity contribution is 5.98. The van der Waals surface area contributed by atoms with Gasteiger partial charge in [0.25, 0.3) is 0 Å². The van der Waals surface area contributed by atoms with E-state index in [1.807, 2.05) is 6.92 Å². The molecule has 2 N–H and O–H groups in total. The maximum absolute atomic E-state index is 13.3. The molecular formula is C15H21FN2O. The predicted molar refractivity (Wildman–Crippen MR) is 74.6 cm³/mol. The van der Waals surface area contributed by atoms with Gasteiger partial charge in [-0.2, -0.15) is 0 Å². The van der Waals surface area contributed by atoms with Crippen molar-refractivity contribution in [2.75, 3.05) is 11.9 Å². The number of carbonyl (C=O) groups excluding carboxylic acids is 1. The third-order valence-corrected chi connectivity index (χ3v) is 3.80. The minimum Gasteiger partial charge on any atom is -0.324 e. The first-order valence-corrected chi connectivity index (χ1v) is 6.90. The standard InChI is InChI=1S/C15H21FN2O/c1-3-7-15(8-4-9-17-15)14(19)18-13-10-12(16)6-5-11(13)2/h5-6,10,17H,3-4,7-9H2,1-2H3,(H,18,19). The maximum atomic E-state index is 13.3. The van der Waals surface area contributed by atoms with Crippen LogP contribution in [0, 0.1) is 12.7 Å². The van der Waals surface area contributed by atoms with E-state index in [0.29, 0.717) is 5.69 Å². The fourth-order valence-corrected chi connectivity index (χ4v) is 2.72. The Morgan fingerprint density at radius 1 is 1.53 bits per heavy atom. The SMILES string of the molecule is CCCC1(C(=O)Nc2cc(F)ccc2C)CCCN1. The molecule has 1 aromatic carbocycles. The molecule has 1 heterocycles. The summed E-state index contributed by atoms with van der Waals surface area (Å²) in [7, 11) is 0. The van der Waals surface area contributed by atoms with Crippen LogP contribution in [0.5, 0.6) is 0 Å². The summed E-state index contributed by atoms with van der Waals surface area (Å²) >= 11 is 0. The van der Waals surface area contributed by atoms with Crippen LogP contribution >= 0.6 is 0 Å². The Kier molecular flexibility index (Phi) is 4.20. The van der Waals surface area contributed by atoms with Gasteiger partial charge in [-0.05, 0) is 50.4 Å². The molecule has 0 aliphatic carbocycles. The normalized spacial score (nSPS) is 22.5. The first kappa shape index (κ1) is 14.0. The van der Waals surface area contributed by atoms with Crippen molar-refractivity contribution in [3.8, 4) is 0 Å². The van der Waals surface area contributed by atoms with E-state index in [0.717, 1.165) is 37.8 Å². The van der Waals surface area contributed by atoms with Crippen LogP contribution in [0.4, 0.5) is 10.1 Å². The van der Waals surface area contributed by atoms with Gasteiger partial charge in [0.1, 0.15) is 5.82 Å². The molecule has 4 heteroatoms. The number of benzene rings is 1. The zero-order chi connectivity index (χ0) is 13.9. The van der Waals surface area contributed by atoms with Crippen molar-refractivity contribution in [2.24, 2.45) is 0 Å². The Bertz CT molecular complexity index is 467. The molecule has 1 unspecified atom stereocenters. The van der Waals surface area contributed by atoms with Crippen molar-refractivity contribution < 1.29 is 9.18 Å². The number of amides is 1.